The zero-order valence-electron chi connectivity index (χ0n) is 11.6. The van der Waals surface area contributed by atoms with Crippen LogP contribution in [0.4, 0.5) is 0 Å². The van der Waals surface area contributed by atoms with Crippen molar-refractivity contribution in [2.24, 2.45) is 11.8 Å². The molecule has 0 aliphatic carbocycles. The highest BCUT2D eigenvalue weighted by molar-refractivity contribution is 5.15. The molecule has 0 aliphatic rings. The lowest BCUT2D eigenvalue weighted by Crippen LogP contribution is -2.27. The fourth-order valence-corrected chi connectivity index (χ4v) is 2.21. The maximum atomic E-state index is 3.59. The first kappa shape index (κ1) is 14.2. The van der Waals surface area contributed by atoms with Crippen molar-refractivity contribution < 1.29 is 0 Å². The van der Waals surface area contributed by atoms with Crippen LogP contribution in [-0.2, 0) is 6.42 Å². The van der Waals surface area contributed by atoms with Crippen LogP contribution in [0.25, 0.3) is 0 Å². The molecule has 96 valence electrons. The molecule has 1 rings (SSSR count). The second kappa shape index (κ2) is 8.30. The smallest absolute Gasteiger partial charge is 0.00172 e. The first-order chi connectivity index (χ1) is 8.22. The minimum absolute atomic E-state index is 0.744. The number of benzene rings is 1. The van der Waals surface area contributed by atoms with Gasteiger partial charge in [0.15, 0.2) is 0 Å². The topological polar surface area (TPSA) is 12.0 Å². The van der Waals surface area contributed by atoms with Crippen LogP contribution in [0, 0.1) is 11.8 Å². The summed E-state index contributed by atoms with van der Waals surface area (Å²) in [5, 5.41) is 3.59. The minimum atomic E-state index is 0.744. The van der Waals surface area contributed by atoms with E-state index in [1.165, 1.54) is 24.8 Å². The van der Waals surface area contributed by atoms with Gasteiger partial charge in [-0.15, -0.1) is 0 Å². The highest BCUT2D eigenvalue weighted by atomic mass is 14.9. The molecule has 0 radical (unpaired) electrons. The fraction of sp³-hybridized carbons (Fsp3) is 0.625. The van der Waals surface area contributed by atoms with Crippen molar-refractivity contribution in [1.82, 2.24) is 5.32 Å². The Labute approximate surface area is 107 Å². The average Bonchev–Trinajstić information content (AvgIpc) is 2.30. The molecule has 0 aromatic heterocycles. The number of rotatable bonds is 8. The van der Waals surface area contributed by atoms with Crippen molar-refractivity contribution in [2.45, 2.75) is 40.0 Å². The third kappa shape index (κ3) is 6.48. The fourth-order valence-electron chi connectivity index (χ4n) is 2.21. The van der Waals surface area contributed by atoms with Crippen molar-refractivity contribution >= 4 is 0 Å². The molecule has 1 heteroatoms. The van der Waals surface area contributed by atoms with Gasteiger partial charge in [0.05, 0.1) is 0 Å². The van der Waals surface area contributed by atoms with Gasteiger partial charge in [0.1, 0.15) is 0 Å². The second-order valence-corrected chi connectivity index (χ2v) is 5.40. The van der Waals surface area contributed by atoms with Crippen LogP contribution in [0.5, 0.6) is 0 Å². The maximum absolute atomic E-state index is 3.59. The molecule has 0 aliphatic heterocycles. The van der Waals surface area contributed by atoms with Gasteiger partial charge in [0.25, 0.3) is 0 Å². The maximum Gasteiger partial charge on any atom is -0.00172 e. The largest absolute Gasteiger partial charge is 0.316 e. The van der Waals surface area contributed by atoms with Crippen molar-refractivity contribution in [1.29, 1.82) is 0 Å². The van der Waals surface area contributed by atoms with Crippen LogP contribution < -0.4 is 5.32 Å². The molecule has 17 heavy (non-hydrogen) atoms. The summed E-state index contributed by atoms with van der Waals surface area (Å²) in [6, 6.07) is 10.9. The first-order valence-electron chi connectivity index (χ1n) is 6.97. The third-order valence-electron chi connectivity index (χ3n) is 3.05. The minimum Gasteiger partial charge on any atom is -0.316 e. The van der Waals surface area contributed by atoms with Crippen molar-refractivity contribution in [3.8, 4) is 0 Å². The Hall–Kier alpha value is -0.820. The van der Waals surface area contributed by atoms with E-state index >= 15 is 0 Å². The molecule has 0 heterocycles. The van der Waals surface area contributed by atoms with E-state index in [9.17, 15) is 0 Å². The van der Waals surface area contributed by atoms with E-state index in [2.05, 4.69) is 56.4 Å². The van der Waals surface area contributed by atoms with E-state index < -0.39 is 0 Å². The molecular formula is C16H27N. The van der Waals surface area contributed by atoms with Gasteiger partial charge in [-0.05, 0) is 43.3 Å². The molecule has 0 spiro atoms. The monoisotopic (exact) mass is 233 g/mol. The molecule has 1 nitrogen and oxygen atoms in total. The Balaban J connectivity index is 2.37. The van der Waals surface area contributed by atoms with Gasteiger partial charge in [-0.2, -0.15) is 0 Å². The molecule has 1 atom stereocenters. The Morgan fingerprint density at radius 1 is 1.06 bits per heavy atom. The van der Waals surface area contributed by atoms with Gasteiger partial charge in [-0.3, -0.25) is 0 Å². The Morgan fingerprint density at radius 2 is 1.76 bits per heavy atom. The summed E-state index contributed by atoms with van der Waals surface area (Å²) in [6.45, 7) is 9.09. The molecule has 0 saturated carbocycles. The summed E-state index contributed by atoms with van der Waals surface area (Å²) in [7, 11) is 0. The Bertz CT molecular complexity index is 279. The van der Waals surface area contributed by atoms with Gasteiger partial charge in [-0.25, -0.2) is 0 Å². The second-order valence-electron chi connectivity index (χ2n) is 5.40. The van der Waals surface area contributed by atoms with E-state index in [4.69, 9.17) is 0 Å². The summed E-state index contributed by atoms with van der Waals surface area (Å²) in [6.07, 6.45) is 3.81. The van der Waals surface area contributed by atoms with Crippen LogP contribution in [0.2, 0.25) is 0 Å². The van der Waals surface area contributed by atoms with Crippen LogP contribution in [0.3, 0.4) is 0 Å². The Morgan fingerprint density at radius 3 is 2.35 bits per heavy atom. The lowest BCUT2D eigenvalue weighted by molar-refractivity contribution is 0.421. The predicted octanol–water partition coefficient (Wildman–Crippen LogP) is 3.89. The summed E-state index contributed by atoms with van der Waals surface area (Å²) in [4.78, 5) is 0. The van der Waals surface area contributed by atoms with E-state index in [1.807, 2.05) is 0 Å². The van der Waals surface area contributed by atoms with Gasteiger partial charge < -0.3 is 5.32 Å². The highest BCUT2D eigenvalue weighted by Gasteiger charge is 2.08. The quantitative estimate of drug-likeness (QED) is 0.718. The van der Waals surface area contributed by atoms with Gasteiger partial charge in [0.2, 0.25) is 0 Å². The standard InChI is InChI=1S/C16H27N/c1-4-8-16(13-17-12-14(2)3)11-15-9-6-5-7-10-15/h5-7,9-10,14,16-17H,4,8,11-13H2,1-3H3. The average molecular weight is 233 g/mol. The van der Waals surface area contributed by atoms with E-state index in [0.717, 1.165) is 24.9 Å². The van der Waals surface area contributed by atoms with Gasteiger partial charge >= 0.3 is 0 Å². The molecule has 0 bridgehead atoms. The van der Waals surface area contributed by atoms with Crippen LogP contribution in [0.1, 0.15) is 39.2 Å². The molecule has 1 aromatic rings. The summed E-state index contributed by atoms with van der Waals surface area (Å²) in [5.74, 6) is 1.52. The van der Waals surface area contributed by atoms with Crippen molar-refractivity contribution in [3.63, 3.8) is 0 Å². The molecular weight excluding hydrogens is 206 g/mol. The number of hydrogen-bond donors (Lipinski definition) is 1. The van der Waals surface area contributed by atoms with E-state index in [0.29, 0.717) is 0 Å². The number of nitrogens with one attached hydrogen (secondary N) is 1. The van der Waals surface area contributed by atoms with Crippen LogP contribution in [-0.4, -0.2) is 13.1 Å². The Kier molecular flexibility index (Phi) is 6.95. The summed E-state index contributed by atoms with van der Waals surface area (Å²) < 4.78 is 0. The SMILES string of the molecule is CCCC(CNCC(C)C)Cc1ccccc1. The summed E-state index contributed by atoms with van der Waals surface area (Å²) >= 11 is 0. The van der Waals surface area contributed by atoms with Gasteiger partial charge in [0, 0.05) is 0 Å². The van der Waals surface area contributed by atoms with Crippen LogP contribution >= 0.6 is 0 Å². The van der Waals surface area contributed by atoms with Gasteiger partial charge in [-0.1, -0.05) is 57.5 Å². The van der Waals surface area contributed by atoms with Crippen molar-refractivity contribution in [2.75, 3.05) is 13.1 Å². The van der Waals surface area contributed by atoms with Crippen LogP contribution in [0.15, 0.2) is 30.3 Å². The van der Waals surface area contributed by atoms with Crippen molar-refractivity contribution in [3.05, 3.63) is 35.9 Å². The number of hydrogen-bond acceptors (Lipinski definition) is 1. The molecule has 0 saturated heterocycles. The third-order valence-corrected chi connectivity index (χ3v) is 3.05. The molecule has 0 fully saturated rings. The normalized spacial score (nSPS) is 12.9. The molecule has 1 aromatic carbocycles. The van der Waals surface area contributed by atoms with E-state index in [1.54, 1.807) is 0 Å². The molecule has 1 N–H and O–H groups in total. The molecule has 1 unspecified atom stereocenters. The zero-order chi connectivity index (χ0) is 12.5. The highest BCUT2D eigenvalue weighted by Crippen LogP contribution is 2.13. The predicted molar refractivity (Wildman–Crippen MR) is 76.3 cm³/mol. The molecule has 0 amide bonds. The zero-order valence-corrected chi connectivity index (χ0v) is 11.6. The lowest BCUT2D eigenvalue weighted by atomic mass is 9.95. The first-order valence-corrected chi connectivity index (χ1v) is 6.97. The summed E-state index contributed by atoms with van der Waals surface area (Å²) in [5.41, 5.74) is 1.47. The van der Waals surface area contributed by atoms with E-state index in [-0.39, 0.29) is 0 Å². The lowest BCUT2D eigenvalue weighted by Gasteiger charge is -2.18.